The van der Waals surface area contributed by atoms with E-state index in [2.05, 4.69) is 22.5 Å². The Morgan fingerprint density at radius 1 is 1.67 bits per heavy atom. The van der Waals surface area contributed by atoms with Gasteiger partial charge in [0.25, 0.3) is 0 Å². The Labute approximate surface area is 63.6 Å². The van der Waals surface area contributed by atoms with Crippen LogP contribution in [0.3, 0.4) is 0 Å². The highest BCUT2D eigenvalue weighted by atomic mass is 79.9. The highest BCUT2D eigenvalue weighted by Crippen LogP contribution is 2.18. The van der Waals surface area contributed by atoms with Crippen molar-refractivity contribution in [1.29, 1.82) is 0 Å². The second kappa shape index (κ2) is 2.43. The van der Waals surface area contributed by atoms with Crippen molar-refractivity contribution in [3.05, 3.63) is 25.2 Å². The first-order chi connectivity index (χ1) is 4.25. The van der Waals surface area contributed by atoms with E-state index >= 15 is 0 Å². The van der Waals surface area contributed by atoms with Gasteiger partial charge in [0.1, 0.15) is 0 Å². The molecule has 0 radical (unpaired) electrons. The van der Waals surface area contributed by atoms with Gasteiger partial charge in [0.05, 0.1) is 0 Å². The van der Waals surface area contributed by atoms with Gasteiger partial charge >= 0.3 is 0 Å². The molecule has 0 aliphatic carbocycles. The van der Waals surface area contributed by atoms with Crippen LogP contribution in [0.4, 0.5) is 0 Å². The zero-order chi connectivity index (χ0) is 6.85. The molecule has 2 nitrogen and oxygen atoms in total. The third kappa shape index (κ3) is 1.10. The summed E-state index contributed by atoms with van der Waals surface area (Å²) < 4.78 is 0. The molecule has 0 aromatic carbocycles. The second-order valence-electron chi connectivity index (χ2n) is 1.90. The van der Waals surface area contributed by atoms with Crippen molar-refractivity contribution in [3.63, 3.8) is 0 Å². The molecule has 1 aliphatic rings. The van der Waals surface area contributed by atoms with Crippen LogP contribution in [0.1, 0.15) is 0 Å². The van der Waals surface area contributed by atoms with E-state index in [0.717, 1.165) is 0 Å². The molecule has 0 saturated heterocycles. The van der Waals surface area contributed by atoms with E-state index in [-0.39, 0.29) is 5.08 Å². The molecular formula is C6H9BrN2. The van der Waals surface area contributed by atoms with Crippen LogP contribution in [0, 0.1) is 0 Å². The van der Waals surface area contributed by atoms with Gasteiger partial charge in [-0.3, -0.25) is 0 Å². The van der Waals surface area contributed by atoms with Crippen molar-refractivity contribution in [2.45, 2.75) is 5.08 Å². The zero-order valence-electron chi connectivity index (χ0n) is 5.29. The summed E-state index contributed by atoms with van der Waals surface area (Å²) >= 11 is 3.45. The third-order valence-electron chi connectivity index (χ3n) is 1.27. The van der Waals surface area contributed by atoms with Crippen LogP contribution in [0.5, 0.6) is 0 Å². The monoisotopic (exact) mass is 188 g/mol. The fourth-order valence-electron chi connectivity index (χ4n) is 0.682. The summed E-state index contributed by atoms with van der Waals surface area (Å²) in [5.74, 6) is 0. The molecule has 1 unspecified atom stereocenters. The van der Waals surface area contributed by atoms with Crippen LogP contribution in [-0.2, 0) is 0 Å². The number of halogens is 1. The van der Waals surface area contributed by atoms with Crippen molar-refractivity contribution >= 4 is 15.9 Å². The number of hydrogen-bond acceptors (Lipinski definition) is 2. The molecule has 1 rings (SSSR count). The summed E-state index contributed by atoms with van der Waals surface area (Å²) in [7, 11) is 2.00. The van der Waals surface area contributed by atoms with E-state index in [9.17, 15) is 0 Å². The molecule has 0 bridgehead atoms. The average Bonchev–Trinajstić information content (AvgIpc) is 2.15. The van der Waals surface area contributed by atoms with Crippen LogP contribution in [0.25, 0.3) is 0 Å². The largest absolute Gasteiger partial charge is 0.350 e. The molecule has 0 N–H and O–H groups in total. The fraction of sp³-hybridized carbons (Fsp3) is 0.333. The van der Waals surface area contributed by atoms with E-state index in [1.807, 2.05) is 29.2 Å². The molecule has 0 saturated carbocycles. The van der Waals surface area contributed by atoms with E-state index in [4.69, 9.17) is 0 Å². The Morgan fingerprint density at radius 2 is 2.33 bits per heavy atom. The minimum absolute atomic E-state index is 0.245. The Morgan fingerprint density at radius 3 is 2.56 bits per heavy atom. The van der Waals surface area contributed by atoms with Gasteiger partial charge in [0.2, 0.25) is 0 Å². The Bertz CT molecular complexity index is 144. The standard InChI is InChI=1S/C6H9BrN2/c1-3-9-5-4-8(2)6(9)7/h3-6H,1H2,2H3. The lowest BCUT2D eigenvalue weighted by Gasteiger charge is -2.21. The molecule has 3 heteroatoms. The van der Waals surface area contributed by atoms with Crippen molar-refractivity contribution in [2.24, 2.45) is 0 Å². The number of nitrogens with zero attached hydrogens (tertiary/aromatic N) is 2. The van der Waals surface area contributed by atoms with Crippen molar-refractivity contribution in [1.82, 2.24) is 9.80 Å². The summed E-state index contributed by atoms with van der Waals surface area (Å²) in [4.78, 5) is 4.02. The SMILES string of the molecule is C=CN1C=CN(C)C1Br. The Balaban J connectivity index is 2.61. The molecule has 9 heavy (non-hydrogen) atoms. The highest BCUT2D eigenvalue weighted by molar-refractivity contribution is 9.09. The van der Waals surface area contributed by atoms with Gasteiger partial charge < -0.3 is 9.80 Å². The lowest BCUT2D eigenvalue weighted by molar-refractivity contribution is 0.333. The summed E-state index contributed by atoms with van der Waals surface area (Å²) in [5.41, 5.74) is 0. The lowest BCUT2D eigenvalue weighted by atomic mass is 10.8. The molecule has 0 fully saturated rings. The number of rotatable bonds is 1. The minimum Gasteiger partial charge on any atom is -0.350 e. The van der Waals surface area contributed by atoms with Gasteiger partial charge in [0.15, 0.2) is 5.08 Å². The minimum atomic E-state index is 0.245. The smallest absolute Gasteiger partial charge is 0.162 e. The van der Waals surface area contributed by atoms with E-state index in [0.29, 0.717) is 0 Å². The average molecular weight is 189 g/mol. The first kappa shape index (κ1) is 6.68. The fourth-order valence-corrected chi connectivity index (χ4v) is 1.12. The predicted molar refractivity (Wildman–Crippen MR) is 41.7 cm³/mol. The number of hydrogen-bond donors (Lipinski definition) is 0. The maximum Gasteiger partial charge on any atom is 0.162 e. The first-order valence-electron chi connectivity index (χ1n) is 2.70. The molecule has 0 amide bonds. The van der Waals surface area contributed by atoms with Crippen LogP contribution in [0.15, 0.2) is 25.2 Å². The summed E-state index contributed by atoms with van der Waals surface area (Å²) in [6.45, 7) is 3.65. The van der Waals surface area contributed by atoms with Crippen LogP contribution in [0.2, 0.25) is 0 Å². The van der Waals surface area contributed by atoms with Crippen molar-refractivity contribution < 1.29 is 0 Å². The molecule has 0 aromatic heterocycles. The van der Waals surface area contributed by atoms with E-state index in [1.54, 1.807) is 6.20 Å². The quantitative estimate of drug-likeness (QED) is 0.455. The number of alkyl halides is 1. The molecule has 1 atom stereocenters. The molecule has 50 valence electrons. The topological polar surface area (TPSA) is 6.48 Å². The third-order valence-corrected chi connectivity index (χ3v) is 2.39. The van der Waals surface area contributed by atoms with Crippen molar-refractivity contribution in [3.8, 4) is 0 Å². The molecule has 1 heterocycles. The Hall–Kier alpha value is -0.440. The van der Waals surface area contributed by atoms with Crippen LogP contribution in [-0.4, -0.2) is 21.9 Å². The molecule has 0 spiro atoms. The maximum atomic E-state index is 3.65. The maximum absolute atomic E-state index is 3.65. The van der Waals surface area contributed by atoms with E-state index < -0.39 is 0 Å². The molecule has 0 aromatic rings. The van der Waals surface area contributed by atoms with Crippen molar-refractivity contribution in [2.75, 3.05) is 7.05 Å². The summed E-state index contributed by atoms with van der Waals surface area (Å²) in [6.07, 6.45) is 5.73. The lowest BCUT2D eigenvalue weighted by Crippen LogP contribution is -2.26. The van der Waals surface area contributed by atoms with Crippen LogP contribution >= 0.6 is 15.9 Å². The second-order valence-corrected chi connectivity index (χ2v) is 2.72. The molecule has 1 aliphatic heterocycles. The first-order valence-corrected chi connectivity index (χ1v) is 3.61. The van der Waals surface area contributed by atoms with Crippen LogP contribution < -0.4 is 0 Å². The van der Waals surface area contributed by atoms with Gasteiger partial charge in [0, 0.05) is 19.4 Å². The van der Waals surface area contributed by atoms with Gasteiger partial charge in [-0.1, -0.05) is 6.58 Å². The Kier molecular flexibility index (Phi) is 1.81. The van der Waals surface area contributed by atoms with Gasteiger partial charge in [-0.05, 0) is 22.1 Å². The highest BCUT2D eigenvalue weighted by Gasteiger charge is 2.16. The van der Waals surface area contributed by atoms with Gasteiger partial charge in [-0.2, -0.15) is 0 Å². The van der Waals surface area contributed by atoms with Gasteiger partial charge in [-0.25, -0.2) is 0 Å². The normalized spacial score (nSPS) is 25.3. The summed E-state index contributed by atoms with van der Waals surface area (Å²) in [5, 5.41) is 0.245. The van der Waals surface area contributed by atoms with Gasteiger partial charge in [-0.15, -0.1) is 0 Å². The van der Waals surface area contributed by atoms with E-state index in [1.165, 1.54) is 0 Å². The summed E-state index contributed by atoms with van der Waals surface area (Å²) in [6, 6.07) is 0. The predicted octanol–water partition coefficient (Wildman–Crippen LogP) is 1.53. The zero-order valence-corrected chi connectivity index (χ0v) is 6.87. The molecular weight excluding hydrogens is 180 g/mol.